The fraction of sp³-hybridized carbons (Fsp3) is 0.333. The molecule has 4 heterocycles. The molecule has 0 radical (unpaired) electrons. The van der Waals surface area contributed by atoms with E-state index in [1.807, 2.05) is 53.9 Å². The van der Waals surface area contributed by atoms with Crippen LogP contribution in [0.5, 0.6) is 28.7 Å². The predicted molar refractivity (Wildman–Crippen MR) is 255 cm³/mol. The second-order valence-electron chi connectivity index (χ2n) is 14.9. The van der Waals surface area contributed by atoms with Gasteiger partial charge in [-0.05, 0) is 59.7 Å². The number of hydrogen-bond donors (Lipinski definition) is 0. The van der Waals surface area contributed by atoms with E-state index in [-0.39, 0.29) is 9.79 Å². The molecule has 0 atom stereocenters. The molecule has 6 aromatic rings. The zero-order valence-corrected chi connectivity index (χ0v) is 40.7. The lowest BCUT2D eigenvalue weighted by atomic mass is 10.1. The number of rotatable bonds is 15. The van der Waals surface area contributed by atoms with Crippen molar-refractivity contribution >= 4 is 64.6 Å². The molecule has 15 nitrogen and oxygen atoms in total. The monoisotopic (exact) mass is 982 g/mol. The van der Waals surface area contributed by atoms with Crippen molar-refractivity contribution in [3.8, 4) is 28.7 Å². The van der Waals surface area contributed by atoms with Crippen LogP contribution in [0.2, 0.25) is 5.02 Å². The van der Waals surface area contributed by atoms with Crippen molar-refractivity contribution < 1.29 is 40.5 Å². The van der Waals surface area contributed by atoms with E-state index >= 15 is 0 Å². The number of nitrogens with zero attached hydrogens (tertiary/aromatic N) is 6. The van der Waals surface area contributed by atoms with Crippen LogP contribution in [-0.4, -0.2) is 123 Å². The van der Waals surface area contributed by atoms with Gasteiger partial charge in [0.05, 0.1) is 46.9 Å². The van der Waals surface area contributed by atoms with E-state index in [0.29, 0.717) is 80.4 Å². The number of anilines is 2. The highest BCUT2D eigenvalue weighted by molar-refractivity contribution is 7.89. The maximum atomic E-state index is 13.3. The van der Waals surface area contributed by atoms with Crippen LogP contribution >= 0.6 is 34.3 Å². The van der Waals surface area contributed by atoms with Crippen molar-refractivity contribution in [2.24, 2.45) is 0 Å². The summed E-state index contributed by atoms with van der Waals surface area (Å²) in [7, 11) is 0.173. The quantitative estimate of drug-likeness (QED) is 0.102. The first kappa shape index (κ1) is 47.8. The van der Waals surface area contributed by atoms with Gasteiger partial charge < -0.3 is 33.5 Å². The molecule has 4 aromatic carbocycles. The number of thiazole rings is 2. The van der Waals surface area contributed by atoms with Gasteiger partial charge in [0.1, 0.15) is 38.5 Å². The van der Waals surface area contributed by atoms with E-state index in [4.69, 9.17) is 45.3 Å². The van der Waals surface area contributed by atoms with Crippen LogP contribution < -0.4 is 33.5 Å². The van der Waals surface area contributed by atoms with Gasteiger partial charge in [-0.15, -0.1) is 22.7 Å². The van der Waals surface area contributed by atoms with Crippen LogP contribution in [0.15, 0.2) is 105 Å². The topological polar surface area (TPSA) is 153 Å². The average molecular weight is 984 g/mol. The third-order valence-corrected chi connectivity index (χ3v) is 16.9. The molecule has 2 aliphatic heterocycles. The molecule has 2 fully saturated rings. The molecule has 0 saturated carbocycles. The van der Waals surface area contributed by atoms with Crippen molar-refractivity contribution in [1.29, 1.82) is 0 Å². The van der Waals surface area contributed by atoms with Gasteiger partial charge in [-0.2, -0.15) is 8.61 Å². The van der Waals surface area contributed by atoms with E-state index in [9.17, 15) is 16.8 Å². The summed E-state index contributed by atoms with van der Waals surface area (Å²) in [5, 5.41) is 6.64. The van der Waals surface area contributed by atoms with Gasteiger partial charge in [0.2, 0.25) is 20.0 Å². The van der Waals surface area contributed by atoms with Crippen molar-refractivity contribution in [2.75, 3.05) is 97.7 Å². The Morgan fingerprint density at radius 3 is 1.25 bits per heavy atom. The van der Waals surface area contributed by atoms with E-state index in [0.717, 1.165) is 51.4 Å². The summed E-state index contributed by atoms with van der Waals surface area (Å²) in [6.07, 6.45) is 1.47. The molecule has 8 rings (SSSR count). The summed E-state index contributed by atoms with van der Waals surface area (Å²) in [6.45, 7) is 3.76. The Labute approximate surface area is 393 Å². The number of ether oxygens (including phenoxy) is 5. The Kier molecular flexibility index (Phi) is 15.8. The third kappa shape index (κ3) is 11.5. The lowest BCUT2D eigenvalue weighted by Gasteiger charge is -2.34. The number of methoxy groups -OCH3 is 5. The van der Waals surface area contributed by atoms with Crippen molar-refractivity contribution in [3.05, 3.63) is 123 Å². The first-order chi connectivity index (χ1) is 31.3. The van der Waals surface area contributed by atoms with Crippen LogP contribution in [0.1, 0.15) is 22.5 Å². The number of piperazine rings is 2. The van der Waals surface area contributed by atoms with E-state index < -0.39 is 20.0 Å². The molecule has 2 aliphatic rings. The zero-order valence-electron chi connectivity index (χ0n) is 36.7. The molecule has 20 heteroatoms. The summed E-state index contributed by atoms with van der Waals surface area (Å²) in [5.41, 5.74) is 4.30. The van der Waals surface area contributed by atoms with Crippen LogP contribution in [0, 0.1) is 0 Å². The summed E-state index contributed by atoms with van der Waals surface area (Å²) in [5.74, 6) is 2.39. The Bertz CT molecular complexity index is 2740. The van der Waals surface area contributed by atoms with Gasteiger partial charge in [0.15, 0.2) is 10.3 Å². The molecule has 2 saturated heterocycles. The van der Waals surface area contributed by atoms with Crippen molar-refractivity contribution in [3.63, 3.8) is 0 Å². The van der Waals surface area contributed by atoms with Crippen LogP contribution in [0.25, 0.3) is 0 Å². The molecule has 0 amide bonds. The smallest absolute Gasteiger partial charge is 0.247 e. The minimum atomic E-state index is -3.71. The minimum Gasteiger partial charge on any atom is -0.497 e. The molecular formula is C45H51ClN6O9S4. The highest BCUT2D eigenvalue weighted by Gasteiger charge is 2.33. The molecule has 0 unspecified atom stereocenters. The molecule has 0 aliphatic carbocycles. The van der Waals surface area contributed by atoms with Gasteiger partial charge in [0.25, 0.3) is 0 Å². The summed E-state index contributed by atoms with van der Waals surface area (Å²) in [6, 6.07) is 25.3. The second kappa shape index (κ2) is 21.4. The minimum absolute atomic E-state index is 0.118. The van der Waals surface area contributed by atoms with Crippen molar-refractivity contribution in [1.82, 2.24) is 18.6 Å². The average Bonchev–Trinajstić information content (AvgIpc) is 4.02. The standard InChI is InChI=1S/C23H27N3O5S2.C22H24ClN3O4S2/c1-29-19-6-4-17(5-7-19)14-18-16-32-23(24-18)25-10-12-26(13-11-25)33(27,28)22-15-20(30-2)8-9-21(22)31-3;1-29-19-7-8-20(30-2)21(14-19)32(27,28)26-11-9-25(10-12-26)22-24-18(15-31-22)13-16-3-5-17(23)6-4-16/h4-9,15-16H,10-14H2,1-3H3;3-8,14-15H,9-13H2,1-2H3. The Morgan fingerprint density at radius 2 is 0.877 bits per heavy atom. The first-order valence-corrected chi connectivity index (χ1v) is 25.6. The Hall–Kier alpha value is -5.15. The number of halogens is 1. The molecule has 65 heavy (non-hydrogen) atoms. The summed E-state index contributed by atoms with van der Waals surface area (Å²) < 4.78 is 82.3. The second-order valence-corrected chi connectivity index (χ2v) is 20.8. The fourth-order valence-electron chi connectivity index (χ4n) is 7.30. The summed E-state index contributed by atoms with van der Waals surface area (Å²) in [4.78, 5) is 14.0. The van der Waals surface area contributed by atoms with Crippen LogP contribution in [-0.2, 0) is 32.9 Å². The number of benzene rings is 4. The van der Waals surface area contributed by atoms with Gasteiger partial charge >= 0.3 is 0 Å². The van der Waals surface area contributed by atoms with Gasteiger partial charge in [-0.1, -0.05) is 35.9 Å². The summed E-state index contributed by atoms with van der Waals surface area (Å²) >= 11 is 9.12. The van der Waals surface area contributed by atoms with E-state index in [1.165, 1.54) is 49.2 Å². The molecular weight excluding hydrogens is 932 g/mol. The molecule has 0 N–H and O–H groups in total. The van der Waals surface area contributed by atoms with Crippen LogP contribution in [0.4, 0.5) is 10.3 Å². The molecule has 346 valence electrons. The van der Waals surface area contributed by atoms with Gasteiger partial charge in [0, 0.05) is 93.1 Å². The molecule has 0 spiro atoms. The first-order valence-electron chi connectivity index (χ1n) is 20.6. The van der Waals surface area contributed by atoms with E-state index in [1.54, 1.807) is 54.0 Å². The van der Waals surface area contributed by atoms with Crippen molar-refractivity contribution in [2.45, 2.75) is 22.6 Å². The number of sulfonamides is 2. The fourth-order valence-corrected chi connectivity index (χ4v) is 12.4. The molecule has 0 bridgehead atoms. The zero-order chi connectivity index (χ0) is 46.1. The Balaban J connectivity index is 0.000000194. The normalized spacial score (nSPS) is 14.9. The van der Waals surface area contributed by atoms with Crippen LogP contribution in [0.3, 0.4) is 0 Å². The SMILES string of the molecule is COc1ccc(Cc2csc(N3CCN(S(=O)(=O)c4cc(OC)ccc4OC)CC3)n2)cc1.COc1ccc(OC)c(S(=O)(=O)N2CCN(c3nc(Cc4ccc(Cl)cc4)cs3)CC2)c1. The Morgan fingerprint density at radius 1 is 0.508 bits per heavy atom. The third-order valence-electron chi connectivity index (χ3n) is 10.9. The van der Waals surface area contributed by atoms with Gasteiger partial charge in [-0.25, -0.2) is 26.8 Å². The maximum Gasteiger partial charge on any atom is 0.247 e. The largest absolute Gasteiger partial charge is 0.497 e. The molecule has 2 aromatic heterocycles. The predicted octanol–water partition coefficient (Wildman–Crippen LogP) is 7.19. The van der Waals surface area contributed by atoms with E-state index in [2.05, 4.69) is 15.2 Å². The number of hydrogen-bond acceptors (Lipinski definition) is 15. The highest BCUT2D eigenvalue weighted by Crippen LogP contribution is 2.34. The number of aromatic nitrogens is 2. The maximum absolute atomic E-state index is 13.3. The highest BCUT2D eigenvalue weighted by atomic mass is 35.5. The lowest BCUT2D eigenvalue weighted by molar-refractivity contribution is 0.370. The van der Waals surface area contributed by atoms with Gasteiger partial charge in [-0.3, -0.25) is 0 Å². The lowest BCUT2D eigenvalue weighted by Crippen LogP contribution is -2.48.